The van der Waals surface area contributed by atoms with Crippen molar-refractivity contribution in [3.05, 3.63) is 45.6 Å². The van der Waals surface area contributed by atoms with E-state index in [1.165, 1.54) is 0 Å². The van der Waals surface area contributed by atoms with E-state index in [1.807, 2.05) is 0 Å². The number of nitrogens with one attached hydrogen (secondary N) is 1. The lowest BCUT2D eigenvalue weighted by molar-refractivity contribution is -0.115. The second-order valence-electron chi connectivity index (χ2n) is 4.09. The summed E-state index contributed by atoms with van der Waals surface area (Å²) in [7, 11) is 0. The minimum Gasteiger partial charge on any atom is -0.445 e. The van der Waals surface area contributed by atoms with E-state index in [2.05, 4.69) is 10.3 Å². The number of nitrogens with zero attached hydrogens (tertiary/aromatic N) is 1. The Morgan fingerprint density at radius 1 is 1.37 bits per heavy atom. The molecule has 2 aromatic rings. The van der Waals surface area contributed by atoms with E-state index < -0.39 is 0 Å². The lowest BCUT2D eigenvalue weighted by Crippen LogP contribution is -2.14. The van der Waals surface area contributed by atoms with Crippen molar-refractivity contribution in [1.82, 2.24) is 4.98 Å². The van der Waals surface area contributed by atoms with Gasteiger partial charge in [-0.3, -0.25) is 4.79 Å². The fraction of sp³-hybridized carbons (Fsp3) is 0.231. The number of benzene rings is 1. The lowest BCUT2D eigenvalue weighted by Gasteiger charge is -2.06. The Balaban J connectivity index is 2.07. The minimum atomic E-state index is -0.219. The van der Waals surface area contributed by atoms with Gasteiger partial charge in [0.2, 0.25) is 5.91 Å². The number of rotatable bonds is 3. The molecule has 1 aromatic carbocycles. The highest BCUT2D eigenvalue weighted by atomic mass is 35.5. The Labute approximate surface area is 120 Å². The van der Waals surface area contributed by atoms with Crippen molar-refractivity contribution < 1.29 is 9.21 Å². The third-order valence-corrected chi connectivity index (χ3v) is 3.07. The largest absolute Gasteiger partial charge is 0.445 e. The standard InChI is InChI=1S/C13H12Cl2N2O2/c1-7-12(19-8(2)16-7)6-13(18)17-11-4-3-9(14)5-10(11)15/h3-5H,6H2,1-2H3,(H,17,18). The summed E-state index contributed by atoms with van der Waals surface area (Å²) in [6.45, 7) is 3.54. The first-order valence-electron chi connectivity index (χ1n) is 5.63. The SMILES string of the molecule is Cc1nc(C)c(CC(=O)Nc2ccc(Cl)cc2Cl)o1. The summed E-state index contributed by atoms with van der Waals surface area (Å²) in [4.78, 5) is 16.0. The number of anilines is 1. The zero-order valence-corrected chi connectivity index (χ0v) is 12.0. The van der Waals surface area contributed by atoms with Gasteiger partial charge in [-0.25, -0.2) is 4.98 Å². The van der Waals surface area contributed by atoms with Gasteiger partial charge in [0.05, 0.1) is 22.8 Å². The molecule has 0 bridgehead atoms. The molecular weight excluding hydrogens is 287 g/mol. The van der Waals surface area contributed by atoms with Crippen LogP contribution in [0.4, 0.5) is 5.69 Å². The predicted molar refractivity (Wildman–Crippen MR) is 74.8 cm³/mol. The monoisotopic (exact) mass is 298 g/mol. The molecule has 0 aliphatic rings. The highest BCUT2D eigenvalue weighted by molar-refractivity contribution is 6.36. The number of aromatic nitrogens is 1. The van der Waals surface area contributed by atoms with Crippen LogP contribution in [0.25, 0.3) is 0 Å². The van der Waals surface area contributed by atoms with Crippen molar-refractivity contribution in [2.24, 2.45) is 0 Å². The van der Waals surface area contributed by atoms with Gasteiger partial charge in [0.15, 0.2) is 5.89 Å². The van der Waals surface area contributed by atoms with Crippen molar-refractivity contribution in [3.8, 4) is 0 Å². The maximum atomic E-state index is 11.9. The minimum absolute atomic E-state index is 0.117. The molecule has 2 rings (SSSR count). The number of carbonyl (C=O) groups excluding carboxylic acids is 1. The molecule has 0 atom stereocenters. The van der Waals surface area contributed by atoms with E-state index in [4.69, 9.17) is 27.6 Å². The fourth-order valence-corrected chi connectivity index (χ4v) is 2.12. The van der Waals surface area contributed by atoms with Gasteiger partial charge in [0.1, 0.15) is 5.76 Å². The number of amides is 1. The molecule has 0 saturated heterocycles. The third kappa shape index (κ3) is 3.49. The summed E-state index contributed by atoms with van der Waals surface area (Å²) in [5, 5.41) is 3.62. The van der Waals surface area contributed by atoms with E-state index in [9.17, 15) is 4.79 Å². The number of hydrogen-bond acceptors (Lipinski definition) is 3. The normalized spacial score (nSPS) is 10.5. The molecule has 19 heavy (non-hydrogen) atoms. The Hall–Kier alpha value is -1.52. The van der Waals surface area contributed by atoms with Crippen LogP contribution >= 0.6 is 23.2 Å². The molecule has 100 valence electrons. The summed E-state index contributed by atoms with van der Waals surface area (Å²) in [5.74, 6) is 0.883. The molecule has 0 spiro atoms. The van der Waals surface area contributed by atoms with Gasteiger partial charge in [0, 0.05) is 11.9 Å². The second kappa shape index (κ2) is 5.63. The van der Waals surface area contributed by atoms with Crippen LogP contribution < -0.4 is 5.32 Å². The number of halogens is 2. The summed E-state index contributed by atoms with van der Waals surface area (Å²) in [6.07, 6.45) is 0.117. The number of oxazole rings is 1. The first kappa shape index (κ1) is 13.9. The van der Waals surface area contributed by atoms with Gasteiger partial charge in [0.25, 0.3) is 0 Å². The highest BCUT2D eigenvalue weighted by Crippen LogP contribution is 2.25. The molecule has 1 heterocycles. The van der Waals surface area contributed by atoms with Crippen LogP contribution in [-0.4, -0.2) is 10.9 Å². The molecule has 0 fully saturated rings. The van der Waals surface area contributed by atoms with Crippen molar-refractivity contribution >= 4 is 34.8 Å². The Kier molecular flexibility index (Phi) is 4.12. The van der Waals surface area contributed by atoms with Crippen LogP contribution in [0.2, 0.25) is 10.0 Å². The van der Waals surface area contributed by atoms with Crippen LogP contribution in [-0.2, 0) is 11.2 Å². The Bertz CT molecular complexity index is 623. The van der Waals surface area contributed by atoms with E-state index in [0.29, 0.717) is 27.4 Å². The topological polar surface area (TPSA) is 55.1 Å². The quantitative estimate of drug-likeness (QED) is 0.938. The van der Waals surface area contributed by atoms with E-state index >= 15 is 0 Å². The zero-order valence-electron chi connectivity index (χ0n) is 10.5. The van der Waals surface area contributed by atoms with Crippen molar-refractivity contribution in [3.63, 3.8) is 0 Å². The summed E-state index contributed by atoms with van der Waals surface area (Å²) >= 11 is 11.8. The maximum absolute atomic E-state index is 11.9. The van der Waals surface area contributed by atoms with Crippen LogP contribution in [0, 0.1) is 13.8 Å². The maximum Gasteiger partial charge on any atom is 0.232 e. The Morgan fingerprint density at radius 3 is 2.68 bits per heavy atom. The van der Waals surface area contributed by atoms with Crippen LogP contribution in [0.1, 0.15) is 17.3 Å². The molecule has 0 radical (unpaired) electrons. The molecule has 4 nitrogen and oxygen atoms in total. The van der Waals surface area contributed by atoms with Crippen LogP contribution in [0.5, 0.6) is 0 Å². The van der Waals surface area contributed by atoms with E-state index in [1.54, 1.807) is 32.0 Å². The number of carbonyl (C=O) groups is 1. The molecule has 0 aliphatic heterocycles. The van der Waals surface area contributed by atoms with Gasteiger partial charge >= 0.3 is 0 Å². The predicted octanol–water partition coefficient (Wildman–Crippen LogP) is 3.78. The highest BCUT2D eigenvalue weighted by Gasteiger charge is 2.13. The summed E-state index contributed by atoms with van der Waals surface area (Å²) in [6, 6.07) is 4.89. The van der Waals surface area contributed by atoms with E-state index in [0.717, 1.165) is 5.69 Å². The van der Waals surface area contributed by atoms with Crippen molar-refractivity contribution in [1.29, 1.82) is 0 Å². The molecular formula is C13H12Cl2N2O2. The van der Waals surface area contributed by atoms with E-state index in [-0.39, 0.29) is 12.3 Å². The second-order valence-corrected chi connectivity index (χ2v) is 4.93. The summed E-state index contributed by atoms with van der Waals surface area (Å²) < 4.78 is 5.35. The molecule has 6 heteroatoms. The van der Waals surface area contributed by atoms with Crippen LogP contribution in [0.15, 0.2) is 22.6 Å². The number of hydrogen-bond donors (Lipinski definition) is 1. The third-order valence-electron chi connectivity index (χ3n) is 2.53. The fourth-order valence-electron chi connectivity index (χ4n) is 1.67. The molecule has 1 N–H and O–H groups in total. The first-order valence-corrected chi connectivity index (χ1v) is 6.39. The summed E-state index contributed by atoms with van der Waals surface area (Å²) in [5.41, 5.74) is 1.24. The smallest absolute Gasteiger partial charge is 0.232 e. The molecule has 0 saturated carbocycles. The molecule has 1 aromatic heterocycles. The molecule has 0 aliphatic carbocycles. The average Bonchev–Trinajstić information content (AvgIpc) is 2.61. The van der Waals surface area contributed by atoms with Crippen LogP contribution in [0.3, 0.4) is 0 Å². The molecule has 1 amide bonds. The van der Waals surface area contributed by atoms with Gasteiger partial charge < -0.3 is 9.73 Å². The van der Waals surface area contributed by atoms with Gasteiger partial charge in [-0.05, 0) is 25.1 Å². The van der Waals surface area contributed by atoms with Gasteiger partial charge in [-0.2, -0.15) is 0 Å². The lowest BCUT2D eigenvalue weighted by atomic mass is 10.2. The van der Waals surface area contributed by atoms with Gasteiger partial charge in [-0.15, -0.1) is 0 Å². The van der Waals surface area contributed by atoms with Crippen molar-refractivity contribution in [2.45, 2.75) is 20.3 Å². The molecule has 0 unspecified atom stereocenters. The van der Waals surface area contributed by atoms with Crippen molar-refractivity contribution in [2.75, 3.05) is 5.32 Å². The van der Waals surface area contributed by atoms with Gasteiger partial charge in [-0.1, -0.05) is 23.2 Å². The number of aryl methyl sites for hydroxylation is 2. The Morgan fingerprint density at radius 2 is 2.11 bits per heavy atom. The first-order chi connectivity index (χ1) is 8.95. The average molecular weight is 299 g/mol. The zero-order chi connectivity index (χ0) is 14.0.